The Labute approximate surface area is 184 Å². The first-order chi connectivity index (χ1) is 15.0. The molecular formula is C23H20N4O3S. The number of fused-ring (bicyclic) bond motifs is 1. The van der Waals surface area contributed by atoms with E-state index < -0.39 is 0 Å². The number of benzene rings is 2. The average Bonchev–Trinajstić information content (AvgIpc) is 3.19. The highest BCUT2D eigenvalue weighted by molar-refractivity contribution is 7.80. The summed E-state index contributed by atoms with van der Waals surface area (Å²) in [5.41, 5.74) is 4.70. The highest BCUT2D eigenvalue weighted by Gasteiger charge is 2.14. The average molecular weight is 433 g/mol. The van der Waals surface area contributed by atoms with E-state index in [4.69, 9.17) is 21.4 Å². The molecule has 2 heterocycles. The number of anilines is 1. The van der Waals surface area contributed by atoms with Gasteiger partial charge in [-0.1, -0.05) is 23.8 Å². The van der Waals surface area contributed by atoms with Gasteiger partial charge >= 0.3 is 0 Å². The summed E-state index contributed by atoms with van der Waals surface area (Å²) in [6.45, 7) is 3.77. The van der Waals surface area contributed by atoms with Gasteiger partial charge in [-0.15, -0.1) is 0 Å². The molecule has 1 amide bonds. The number of hydrogen-bond donors (Lipinski definition) is 2. The van der Waals surface area contributed by atoms with Gasteiger partial charge in [0, 0.05) is 17.4 Å². The zero-order valence-electron chi connectivity index (χ0n) is 17.0. The fraction of sp³-hybridized carbons (Fsp3) is 0.130. The van der Waals surface area contributed by atoms with Gasteiger partial charge in [0.1, 0.15) is 5.75 Å². The van der Waals surface area contributed by atoms with Gasteiger partial charge < -0.3 is 14.5 Å². The Balaban J connectivity index is 1.40. The van der Waals surface area contributed by atoms with Crippen molar-refractivity contribution in [3.05, 3.63) is 71.9 Å². The molecule has 0 aliphatic heterocycles. The van der Waals surface area contributed by atoms with Crippen molar-refractivity contribution < 1.29 is 13.9 Å². The topological polar surface area (TPSA) is 89.3 Å². The Morgan fingerprint density at radius 3 is 2.68 bits per heavy atom. The van der Waals surface area contributed by atoms with Gasteiger partial charge in [-0.2, -0.15) is 4.98 Å². The number of aryl methyl sites for hydroxylation is 1. The second-order valence-corrected chi connectivity index (χ2v) is 7.33. The van der Waals surface area contributed by atoms with Gasteiger partial charge in [-0.3, -0.25) is 10.1 Å². The van der Waals surface area contributed by atoms with E-state index in [1.807, 2.05) is 62.4 Å². The molecule has 0 unspecified atom stereocenters. The lowest BCUT2D eigenvalue weighted by Gasteiger charge is -2.13. The maximum Gasteiger partial charge on any atom is 0.264 e. The summed E-state index contributed by atoms with van der Waals surface area (Å²) in [7, 11) is 0. The van der Waals surface area contributed by atoms with Gasteiger partial charge in [-0.05, 0) is 68.0 Å². The second-order valence-electron chi connectivity index (χ2n) is 6.93. The van der Waals surface area contributed by atoms with Crippen LogP contribution in [0.25, 0.3) is 22.7 Å². The SMILES string of the molecule is Cc1ccc(OCC(=O)NC(=S)Nc2cccc(-c3nc4ncccc4o3)c2C)cc1. The largest absolute Gasteiger partial charge is 0.484 e. The quantitative estimate of drug-likeness (QED) is 0.452. The first kappa shape index (κ1) is 20.5. The highest BCUT2D eigenvalue weighted by atomic mass is 32.1. The summed E-state index contributed by atoms with van der Waals surface area (Å²) < 4.78 is 11.3. The minimum atomic E-state index is -0.350. The molecule has 31 heavy (non-hydrogen) atoms. The highest BCUT2D eigenvalue weighted by Crippen LogP contribution is 2.29. The molecule has 7 nitrogen and oxygen atoms in total. The van der Waals surface area contributed by atoms with Crippen LogP contribution in [0.5, 0.6) is 5.75 Å². The molecule has 4 aromatic rings. The Kier molecular flexibility index (Phi) is 5.90. The van der Waals surface area contributed by atoms with E-state index in [-0.39, 0.29) is 17.6 Å². The van der Waals surface area contributed by atoms with Crippen LogP contribution in [0.2, 0.25) is 0 Å². The van der Waals surface area contributed by atoms with E-state index in [2.05, 4.69) is 20.6 Å². The predicted octanol–water partition coefficient (Wildman–Crippen LogP) is 4.40. The molecule has 156 valence electrons. The Hall–Kier alpha value is -3.78. The summed E-state index contributed by atoms with van der Waals surface area (Å²) in [5.74, 6) is 0.740. The van der Waals surface area contributed by atoms with Gasteiger partial charge in [0.15, 0.2) is 22.9 Å². The number of ether oxygens (including phenoxy) is 1. The van der Waals surface area contributed by atoms with E-state index >= 15 is 0 Å². The third-order valence-electron chi connectivity index (χ3n) is 4.62. The molecule has 0 aliphatic carbocycles. The lowest BCUT2D eigenvalue weighted by Crippen LogP contribution is -2.37. The van der Waals surface area contributed by atoms with Crippen LogP contribution in [-0.4, -0.2) is 27.6 Å². The molecule has 0 aliphatic rings. The number of pyridine rings is 1. The van der Waals surface area contributed by atoms with Crippen LogP contribution in [-0.2, 0) is 4.79 Å². The Morgan fingerprint density at radius 1 is 1.10 bits per heavy atom. The summed E-state index contributed by atoms with van der Waals surface area (Å²) in [5, 5.41) is 5.85. The number of rotatable bonds is 5. The monoisotopic (exact) mass is 432 g/mol. The summed E-state index contributed by atoms with van der Waals surface area (Å²) in [6.07, 6.45) is 1.67. The standard InChI is InChI=1S/C23H20N4O3S/c1-14-8-10-16(11-9-14)29-13-20(28)26-23(31)25-18-6-3-5-17(15(18)2)22-27-21-19(30-22)7-4-12-24-21/h3-12H,13H2,1-2H3,(H2,25,26,28,31). The molecule has 0 fully saturated rings. The number of carbonyl (C=O) groups excluding carboxylic acids is 1. The van der Waals surface area contributed by atoms with Crippen molar-refractivity contribution >= 4 is 40.2 Å². The summed E-state index contributed by atoms with van der Waals surface area (Å²) in [4.78, 5) is 20.8. The van der Waals surface area contributed by atoms with Crippen molar-refractivity contribution in [2.24, 2.45) is 0 Å². The number of thiocarbonyl (C=S) groups is 1. The molecule has 0 atom stereocenters. The molecule has 2 aromatic carbocycles. The maximum atomic E-state index is 12.2. The number of aromatic nitrogens is 2. The fourth-order valence-electron chi connectivity index (χ4n) is 2.99. The summed E-state index contributed by atoms with van der Waals surface area (Å²) in [6, 6.07) is 16.7. The molecular weight excluding hydrogens is 412 g/mol. The molecule has 0 saturated carbocycles. The normalized spacial score (nSPS) is 10.6. The first-order valence-corrected chi connectivity index (χ1v) is 10.0. The van der Waals surface area contributed by atoms with E-state index in [0.29, 0.717) is 22.9 Å². The Morgan fingerprint density at radius 2 is 1.90 bits per heavy atom. The number of hydrogen-bond acceptors (Lipinski definition) is 6. The molecule has 4 rings (SSSR count). The molecule has 2 aromatic heterocycles. The Bertz CT molecular complexity index is 1220. The van der Waals surface area contributed by atoms with E-state index in [1.165, 1.54) is 0 Å². The zero-order valence-corrected chi connectivity index (χ0v) is 17.8. The number of carbonyl (C=O) groups is 1. The van der Waals surface area contributed by atoms with E-state index in [9.17, 15) is 4.79 Å². The van der Waals surface area contributed by atoms with Gasteiger partial charge in [0.2, 0.25) is 5.89 Å². The van der Waals surface area contributed by atoms with Gasteiger partial charge in [-0.25, -0.2) is 4.98 Å². The lowest BCUT2D eigenvalue weighted by molar-refractivity contribution is -0.121. The maximum absolute atomic E-state index is 12.2. The van der Waals surface area contributed by atoms with E-state index in [1.54, 1.807) is 12.3 Å². The van der Waals surface area contributed by atoms with Gasteiger partial charge in [0.25, 0.3) is 5.91 Å². The number of nitrogens with one attached hydrogen (secondary N) is 2. The smallest absolute Gasteiger partial charge is 0.264 e. The predicted molar refractivity (Wildman–Crippen MR) is 123 cm³/mol. The number of amides is 1. The van der Waals surface area contributed by atoms with Crippen LogP contribution in [0.4, 0.5) is 5.69 Å². The number of oxazole rings is 1. The molecule has 0 bridgehead atoms. The molecule has 0 spiro atoms. The lowest BCUT2D eigenvalue weighted by atomic mass is 10.1. The van der Waals surface area contributed by atoms with Crippen molar-refractivity contribution in [1.82, 2.24) is 15.3 Å². The first-order valence-electron chi connectivity index (χ1n) is 9.61. The van der Waals surface area contributed by atoms with Crippen molar-refractivity contribution in [2.75, 3.05) is 11.9 Å². The molecule has 0 saturated heterocycles. The van der Waals surface area contributed by atoms with Crippen LogP contribution in [0.3, 0.4) is 0 Å². The zero-order chi connectivity index (χ0) is 21.8. The summed E-state index contributed by atoms with van der Waals surface area (Å²) >= 11 is 5.28. The number of nitrogens with zero attached hydrogens (tertiary/aromatic N) is 2. The van der Waals surface area contributed by atoms with Crippen LogP contribution in [0.15, 0.2) is 65.2 Å². The van der Waals surface area contributed by atoms with Crippen LogP contribution >= 0.6 is 12.2 Å². The van der Waals surface area contributed by atoms with E-state index in [0.717, 1.165) is 22.4 Å². The molecule has 2 N–H and O–H groups in total. The second kappa shape index (κ2) is 8.93. The minimum absolute atomic E-state index is 0.139. The molecule has 8 heteroatoms. The van der Waals surface area contributed by atoms with Crippen molar-refractivity contribution in [3.63, 3.8) is 0 Å². The third-order valence-corrected chi connectivity index (χ3v) is 4.83. The molecule has 0 radical (unpaired) electrons. The van der Waals surface area contributed by atoms with Crippen LogP contribution < -0.4 is 15.4 Å². The third kappa shape index (κ3) is 4.87. The fourth-order valence-corrected chi connectivity index (χ4v) is 3.21. The van der Waals surface area contributed by atoms with Crippen LogP contribution in [0.1, 0.15) is 11.1 Å². The minimum Gasteiger partial charge on any atom is -0.484 e. The van der Waals surface area contributed by atoms with Gasteiger partial charge in [0.05, 0.1) is 0 Å². The van der Waals surface area contributed by atoms with Crippen LogP contribution in [0, 0.1) is 13.8 Å². The van der Waals surface area contributed by atoms with Crippen molar-refractivity contribution in [3.8, 4) is 17.2 Å². The van der Waals surface area contributed by atoms with Crippen molar-refractivity contribution in [2.45, 2.75) is 13.8 Å². The van der Waals surface area contributed by atoms with Crippen molar-refractivity contribution in [1.29, 1.82) is 0 Å².